The fraction of sp³-hybridized carbons (Fsp3) is 0.615. The van der Waals surface area contributed by atoms with Crippen molar-refractivity contribution in [3.8, 4) is 0 Å². The molecule has 1 heterocycles. The summed E-state index contributed by atoms with van der Waals surface area (Å²) in [5.74, 6) is 0.986. The zero-order chi connectivity index (χ0) is 11.8. The molecule has 0 bridgehead atoms. The van der Waals surface area contributed by atoms with Gasteiger partial charge in [0.05, 0.1) is 0 Å². The van der Waals surface area contributed by atoms with E-state index in [1.807, 2.05) is 12.3 Å². The molecule has 0 amide bonds. The van der Waals surface area contributed by atoms with Gasteiger partial charge in [0.15, 0.2) is 0 Å². The summed E-state index contributed by atoms with van der Waals surface area (Å²) < 4.78 is 0. The van der Waals surface area contributed by atoms with E-state index in [-0.39, 0.29) is 0 Å². The lowest BCUT2D eigenvalue weighted by molar-refractivity contribution is 0.303. The Bertz CT molecular complexity index is 295. The molecule has 3 heteroatoms. The zero-order valence-corrected chi connectivity index (χ0v) is 10.7. The van der Waals surface area contributed by atoms with Crippen molar-refractivity contribution in [3.05, 3.63) is 23.9 Å². The third-order valence-corrected chi connectivity index (χ3v) is 2.77. The number of nitrogens with one attached hydrogen (secondary N) is 1. The van der Waals surface area contributed by atoms with E-state index >= 15 is 0 Å². The zero-order valence-electron chi connectivity index (χ0n) is 10.7. The van der Waals surface area contributed by atoms with Crippen molar-refractivity contribution >= 4 is 5.82 Å². The summed E-state index contributed by atoms with van der Waals surface area (Å²) in [4.78, 5) is 6.71. The van der Waals surface area contributed by atoms with E-state index in [9.17, 15) is 0 Å². The number of rotatable bonds is 7. The summed E-state index contributed by atoms with van der Waals surface area (Å²) in [6, 6.07) is 4.10. The third-order valence-electron chi connectivity index (χ3n) is 2.77. The van der Waals surface area contributed by atoms with E-state index in [2.05, 4.69) is 42.0 Å². The van der Waals surface area contributed by atoms with Gasteiger partial charge in [-0.1, -0.05) is 13.8 Å². The SMILES string of the molecule is CCN(CC)CCCNc1cc(C)ccn1. The van der Waals surface area contributed by atoms with Crippen LogP contribution in [0.15, 0.2) is 18.3 Å². The minimum Gasteiger partial charge on any atom is -0.370 e. The summed E-state index contributed by atoms with van der Waals surface area (Å²) >= 11 is 0. The fourth-order valence-corrected chi connectivity index (χ4v) is 1.69. The lowest BCUT2D eigenvalue weighted by Crippen LogP contribution is -2.25. The van der Waals surface area contributed by atoms with E-state index < -0.39 is 0 Å². The topological polar surface area (TPSA) is 28.2 Å². The van der Waals surface area contributed by atoms with Crippen molar-refractivity contribution in [1.29, 1.82) is 0 Å². The molecular formula is C13H23N3. The van der Waals surface area contributed by atoms with Crippen molar-refractivity contribution in [2.24, 2.45) is 0 Å². The van der Waals surface area contributed by atoms with Crippen LogP contribution >= 0.6 is 0 Å². The molecule has 0 aliphatic rings. The van der Waals surface area contributed by atoms with Gasteiger partial charge >= 0.3 is 0 Å². The molecule has 1 N–H and O–H groups in total. The summed E-state index contributed by atoms with van der Waals surface area (Å²) in [7, 11) is 0. The highest BCUT2D eigenvalue weighted by Crippen LogP contribution is 2.04. The van der Waals surface area contributed by atoms with Gasteiger partial charge in [0, 0.05) is 12.7 Å². The quantitative estimate of drug-likeness (QED) is 0.717. The van der Waals surface area contributed by atoms with Crippen LogP contribution < -0.4 is 5.32 Å². The molecule has 16 heavy (non-hydrogen) atoms. The molecular weight excluding hydrogens is 198 g/mol. The number of aromatic nitrogens is 1. The molecule has 0 atom stereocenters. The van der Waals surface area contributed by atoms with Crippen molar-refractivity contribution in [3.63, 3.8) is 0 Å². The van der Waals surface area contributed by atoms with E-state index in [1.54, 1.807) is 0 Å². The van der Waals surface area contributed by atoms with Crippen molar-refractivity contribution in [2.45, 2.75) is 27.2 Å². The first-order valence-electron chi connectivity index (χ1n) is 6.15. The van der Waals surface area contributed by atoms with Gasteiger partial charge in [-0.25, -0.2) is 4.98 Å². The second kappa shape index (κ2) is 7.23. The van der Waals surface area contributed by atoms with Crippen LogP contribution in [0.4, 0.5) is 5.82 Å². The van der Waals surface area contributed by atoms with Crippen LogP contribution in [0, 0.1) is 6.92 Å². The number of aryl methyl sites for hydroxylation is 1. The second-order valence-electron chi connectivity index (χ2n) is 4.03. The Hall–Kier alpha value is -1.09. The van der Waals surface area contributed by atoms with Crippen molar-refractivity contribution < 1.29 is 0 Å². The van der Waals surface area contributed by atoms with Gasteiger partial charge in [-0.3, -0.25) is 0 Å². The average molecular weight is 221 g/mol. The Balaban J connectivity index is 2.20. The lowest BCUT2D eigenvalue weighted by atomic mass is 10.3. The summed E-state index contributed by atoms with van der Waals surface area (Å²) in [6.07, 6.45) is 3.01. The Morgan fingerprint density at radius 1 is 1.31 bits per heavy atom. The van der Waals surface area contributed by atoms with E-state index in [1.165, 1.54) is 5.56 Å². The first kappa shape index (κ1) is 13.0. The van der Waals surface area contributed by atoms with Crippen LogP contribution in [-0.4, -0.2) is 36.1 Å². The van der Waals surface area contributed by atoms with E-state index in [0.29, 0.717) is 0 Å². The molecule has 0 unspecified atom stereocenters. The van der Waals surface area contributed by atoms with E-state index in [4.69, 9.17) is 0 Å². The molecule has 0 aliphatic carbocycles. The molecule has 1 aromatic rings. The number of nitrogens with zero attached hydrogens (tertiary/aromatic N) is 2. The normalized spacial score (nSPS) is 10.8. The van der Waals surface area contributed by atoms with Gasteiger partial charge < -0.3 is 10.2 Å². The minimum absolute atomic E-state index is 0.986. The highest BCUT2D eigenvalue weighted by Gasteiger charge is 1.98. The van der Waals surface area contributed by atoms with Crippen LogP contribution in [0.3, 0.4) is 0 Å². The first-order valence-corrected chi connectivity index (χ1v) is 6.15. The summed E-state index contributed by atoms with van der Waals surface area (Å²) in [5.41, 5.74) is 1.25. The Morgan fingerprint density at radius 3 is 2.69 bits per heavy atom. The number of hydrogen-bond acceptors (Lipinski definition) is 3. The highest BCUT2D eigenvalue weighted by molar-refractivity contribution is 5.36. The van der Waals surface area contributed by atoms with Gasteiger partial charge in [-0.15, -0.1) is 0 Å². The first-order chi connectivity index (χ1) is 7.76. The van der Waals surface area contributed by atoms with Gasteiger partial charge in [0.2, 0.25) is 0 Å². The Labute approximate surface area is 98.9 Å². The number of pyridine rings is 1. The average Bonchev–Trinajstić information content (AvgIpc) is 2.29. The maximum Gasteiger partial charge on any atom is 0.126 e. The van der Waals surface area contributed by atoms with Gasteiger partial charge in [-0.05, 0) is 50.7 Å². The molecule has 3 nitrogen and oxygen atoms in total. The summed E-state index contributed by atoms with van der Waals surface area (Å²) in [6.45, 7) is 10.9. The van der Waals surface area contributed by atoms with Crippen LogP contribution in [0.25, 0.3) is 0 Å². The molecule has 0 radical (unpaired) electrons. The predicted molar refractivity (Wildman–Crippen MR) is 69.9 cm³/mol. The van der Waals surface area contributed by atoms with Crippen LogP contribution in [0.1, 0.15) is 25.8 Å². The molecule has 1 aromatic heterocycles. The predicted octanol–water partition coefficient (Wildman–Crippen LogP) is 2.53. The van der Waals surface area contributed by atoms with Gasteiger partial charge in [0.25, 0.3) is 0 Å². The molecule has 0 fully saturated rings. The monoisotopic (exact) mass is 221 g/mol. The summed E-state index contributed by atoms with van der Waals surface area (Å²) in [5, 5.41) is 3.35. The highest BCUT2D eigenvalue weighted by atomic mass is 15.1. The van der Waals surface area contributed by atoms with Gasteiger partial charge in [-0.2, -0.15) is 0 Å². The molecule has 0 saturated carbocycles. The Morgan fingerprint density at radius 2 is 2.06 bits per heavy atom. The maximum atomic E-state index is 4.27. The van der Waals surface area contributed by atoms with Crippen LogP contribution in [-0.2, 0) is 0 Å². The van der Waals surface area contributed by atoms with Crippen LogP contribution in [0.2, 0.25) is 0 Å². The molecule has 0 aliphatic heterocycles. The largest absolute Gasteiger partial charge is 0.370 e. The van der Waals surface area contributed by atoms with Crippen molar-refractivity contribution in [2.75, 3.05) is 31.5 Å². The molecule has 0 aromatic carbocycles. The maximum absolute atomic E-state index is 4.27. The third kappa shape index (κ3) is 4.62. The van der Waals surface area contributed by atoms with Gasteiger partial charge in [0.1, 0.15) is 5.82 Å². The van der Waals surface area contributed by atoms with Crippen molar-refractivity contribution in [1.82, 2.24) is 9.88 Å². The van der Waals surface area contributed by atoms with Crippen LogP contribution in [0.5, 0.6) is 0 Å². The minimum atomic E-state index is 0.986. The molecule has 1 rings (SSSR count). The second-order valence-corrected chi connectivity index (χ2v) is 4.03. The van der Waals surface area contributed by atoms with E-state index in [0.717, 1.165) is 38.4 Å². The number of anilines is 1. The smallest absolute Gasteiger partial charge is 0.126 e. The molecule has 0 spiro atoms. The standard InChI is InChI=1S/C13H23N3/c1-4-16(5-2)10-6-8-14-13-11-12(3)7-9-15-13/h7,9,11H,4-6,8,10H2,1-3H3,(H,14,15). The molecule has 0 saturated heterocycles. The fourth-order valence-electron chi connectivity index (χ4n) is 1.69. The number of hydrogen-bond donors (Lipinski definition) is 1. The lowest BCUT2D eigenvalue weighted by Gasteiger charge is -2.17. The Kier molecular flexibility index (Phi) is 5.86. The molecule has 90 valence electrons.